The smallest absolute Gasteiger partial charge is 0.294 e. The zero-order valence-electron chi connectivity index (χ0n) is 15.0. The third kappa shape index (κ3) is 3.41. The molecule has 0 saturated carbocycles. The number of hydrogen-bond donors (Lipinski definition) is 1. The Labute approximate surface area is 151 Å². The lowest BCUT2D eigenvalue weighted by molar-refractivity contribution is 0.0666. The molecule has 1 N–H and O–H groups in total. The maximum absolute atomic E-state index is 12.7. The first-order valence-electron chi connectivity index (χ1n) is 8.32. The van der Waals surface area contributed by atoms with Gasteiger partial charge >= 0.3 is 0 Å². The highest BCUT2D eigenvalue weighted by Gasteiger charge is 2.34. The van der Waals surface area contributed by atoms with Gasteiger partial charge in [0.05, 0.1) is 31.1 Å². The van der Waals surface area contributed by atoms with Gasteiger partial charge in [-0.15, -0.1) is 10.2 Å². The number of aryl methyl sites for hydroxylation is 1. The van der Waals surface area contributed by atoms with Gasteiger partial charge in [0.25, 0.3) is 5.91 Å². The van der Waals surface area contributed by atoms with Crippen LogP contribution in [0.2, 0.25) is 0 Å². The van der Waals surface area contributed by atoms with Crippen molar-refractivity contribution in [1.82, 2.24) is 20.1 Å². The van der Waals surface area contributed by atoms with Gasteiger partial charge in [0.15, 0.2) is 0 Å². The zero-order valence-corrected chi connectivity index (χ0v) is 15.0. The van der Waals surface area contributed by atoms with Gasteiger partial charge in [0, 0.05) is 12.0 Å². The summed E-state index contributed by atoms with van der Waals surface area (Å²) in [5, 5.41) is 21.6. The number of aliphatic hydroxyl groups is 1. The molecule has 3 rings (SSSR count). The van der Waals surface area contributed by atoms with Gasteiger partial charge in [-0.1, -0.05) is 23.4 Å². The molecule has 136 valence electrons. The van der Waals surface area contributed by atoms with Crippen molar-refractivity contribution in [3.63, 3.8) is 0 Å². The molecular weight excluding hydrogens is 334 g/mol. The van der Waals surface area contributed by atoms with Crippen molar-refractivity contribution in [3.8, 4) is 11.3 Å². The van der Waals surface area contributed by atoms with Crippen LogP contribution in [0.3, 0.4) is 0 Å². The van der Waals surface area contributed by atoms with E-state index in [2.05, 4.69) is 20.3 Å². The fourth-order valence-corrected chi connectivity index (χ4v) is 3.02. The SMILES string of the molecule is CO/N=C1/C[C@@H](CO)N(C(=O)c2ncc(-c3cccc(C)c3C)nn2)C1. The number of aliphatic hydroxyl groups excluding tert-OH is 1. The Kier molecular flexibility index (Phi) is 5.22. The maximum atomic E-state index is 12.7. The summed E-state index contributed by atoms with van der Waals surface area (Å²) >= 11 is 0. The van der Waals surface area contributed by atoms with E-state index in [-0.39, 0.29) is 30.9 Å². The molecule has 0 aliphatic carbocycles. The van der Waals surface area contributed by atoms with E-state index in [0.29, 0.717) is 17.8 Å². The van der Waals surface area contributed by atoms with Crippen molar-refractivity contribution in [2.45, 2.75) is 26.3 Å². The van der Waals surface area contributed by atoms with E-state index in [0.717, 1.165) is 16.7 Å². The van der Waals surface area contributed by atoms with Gasteiger partial charge < -0.3 is 14.8 Å². The van der Waals surface area contributed by atoms with E-state index < -0.39 is 0 Å². The van der Waals surface area contributed by atoms with Crippen molar-refractivity contribution in [2.75, 3.05) is 20.3 Å². The fraction of sp³-hybridized carbons (Fsp3) is 0.389. The van der Waals surface area contributed by atoms with Crippen LogP contribution in [0, 0.1) is 13.8 Å². The van der Waals surface area contributed by atoms with E-state index in [4.69, 9.17) is 4.84 Å². The molecule has 0 spiro atoms. The number of rotatable bonds is 4. The molecule has 2 heterocycles. The Bertz CT molecular complexity index is 835. The minimum Gasteiger partial charge on any atom is -0.399 e. The van der Waals surface area contributed by atoms with Gasteiger partial charge in [-0.2, -0.15) is 0 Å². The van der Waals surface area contributed by atoms with Crippen molar-refractivity contribution >= 4 is 11.6 Å². The summed E-state index contributed by atoms with van der Waals surface area (Å²) in [5.41, 5.74) is 4.50. The molecule has 1 aliphatic heterocycles. The number of hydrogen-bond acceptors (Lipinski definition) is 7. The van der Waals surface area contributed by atoms with Crippen LogP contribution in [0.15, 0.2) is 29.6 Å². The zero-order chi connectivity index (χ0) is 18.7. The largest absolute Gasteiger partial charge is 0.399 e. The number of likely N-dealkylation sites (tertiary alicyclic amines) is 1. The highest BCUT2D eigenvalue weighted by atomic mass is 16.6. The molecule has 8 heteroatoms. The fourth-order valence-electron chi connectivity index (χ4n) is 3.02. The van der Waals surface area contributed by atoms with Crippen LogP contribution in [-0.4, -0.2) is 63.1 Å². The Hall–Kier alpha value is -2.87. The normalized spacial score (nSPS) is 18.4. The van der Waals surface area contributed by atoms with Crippen LogP contribution >= 0.6 is 0 Å². The Balaban J connectivity index is 1.83. The molecular formula is C18H21N5O3. The van der Waals surface area contributed by atoms with E-state index in [1.54, 1.807) is 6.20 Å². The average Bonchev–Trinajstić information content (AvgIpc) is 3.07. The molecule has 1 aliphatic rings. The van der Waals surface area contributed by atoms with Gasteiger partial charge in [-0.05, 0) is 25.0 Å². The first-order valence-corrected chi connectivity index (χ1v) is 8.32. The van der Waals surface area contributed by atoms with E-state index in [9.17, 15) is 9.90 Å². The summed E-state index contributed by atoms with van der Waals surface area (Å²) < 4.78 is 0. The predicted octanol–water partition coefficient (Wildman–Crippen LogP) is 1.36. The third-order valence-electron chi connectivity index (χ3n) is 4.59. The first-order chi connectivity index (χ1) is 12.5. The molecule has 1 atom stereocenters. The van der Waals surface area contributed by atoms with Gasteiger partial charge in [-0.3, -0.25) is 4.79 Å². The second-order valence-electron chi connectivity index (χ2n) is 6.23. The predicted molar refractivity (Wildman–Crippen MR) is 95.7 cm³/mol. The lowest BCUT2D eigenvalue weighted by atomic mass is 10.0. The summed E-state index contributed by atoms with van der Waals surface area (Å²) in [7, 11) is 1.45. The summed E-state index contributed by atoms with van der Waals surface area (Å²) in [4.78, 5) is 23.1. The Morgan fingerprint density at radius 3 is 2.85 bits per heavy atom. The number of carbonyl (C=O) groups is 1. The number of nitrogens with zero attached hydrogens (tertiary/aromatic N) is 5. The average molecular weight is 355 g/mol. The Morgan fingerprint density at radius 1 is 1.38 bits per heavy atom. The van der Waals surface area contributed by atoms with Crippen molar-refractivity contribution in [3.05, 3.63) is 41.3 Å². The molecule has 8 nitrogen and oxygen atoms in total. The van der Waals surface area contributed by atoms with Crippen LogP contribution in [0.1, 0.15) is 28.2 Å². The molecule has 1 aromatic heterocycles. The number of aromatic nitrogens is 3. The van der Waals surface area contributed by atoms with Crippen LogP contribution < -0.4 is 0 Å². The van der Waals surface area contributed by atoms with Crippen LogP contribution in [0.25, 0.3) is 11.3 Å². The lowest BCUT2D eigenvalue weighted by Crippen LogP contribution is -2.38. The molecule has 1 amide bonds. The monoisotopic (exact) mass is 355 g/mol. The molecule has 0 unspecified atom stereocenters. The number of oxime groups is 1. The highest BCUT2D eigenvalue weighted by molar-refractivity contribution is 5.98. The van der Waals surface area contributed by atoms with Gasteiger partial charge in [0.1, 0.15) is 12.8 Å². The second kappa shape index (κ2) is 7.57. The molecule has 0 radical (unpaired) electrons. The summed E-state index contributed by atoms with van der Waals surface area (Å²) in [6.07, 6.45) is 2.01. The number of benzene rings is 1. The van der Waals surface area contributed by atoms with E-state index in [1.165, 1.54) is 12.0 Å². The summed E-state index contributed by atoms with van der Waals surface area (Å²) in [6.45, 7) is 4.15. The molecule has 0 bridgehead atoms. The highest BCUT2D eigenvalue weighted by Crippen LogP contribution is 2.23. The number of amides is 1. The Morgan fingerprint density at radius 2 is 2.19 bits per heavy atom. The van der Waals surface area contributed by atoms with Crippen LogP contribution in [0.5, 0.6) is 0 Å². The summed E-state index contributed by atoms with van der Waals surface area (Å²) in [5.74, 6) is -0.387. The van der Waals surface area contributed by atoms with E-state index >= 15 is 0 Å². The maximum Gasteiger partial charge on any atom is 0.294 e. The van der Waals surface area contributed by atoms with Crippen molar-refractivity contribution in [1.29, 1.82) is 0 Å². The van der Waals surface area contributed by atoms with Crippen LogP contribution in [0.4, 0.5) is 0 Å². The minimum absolute atomic E-state index is 0.00354. The molecule has 1 aromatic carbocycles. The second-order valence-corrected chi connectivity index (χ2v) is 6.23. The molecule has 2 aromatic rings. The minimum atomic E-state index is -0.384. The molecule has 26 heavy (non-hydrogen) atoms. The topological polar surface area (TPSA) is 101 Å². The lowest BCUT2D eigenvalue weighted by Gasteiger charge is -2.20. The van der Waals surface area contributed by atoms with Crippen LogP contribution in [-0.2, 0) is 4.84 Å². The van der Waals surface area contributed by atoms with E-state index in [1.807, 2.05) is 32.0 Å². The molecule has 1 saturated heterocycles. The van der Waals surface area contributed by atoms with Gasteiger partial charge in [0.2, 0.25) is 5.82 Å². The quantitative estimate of drug-likeness (QED) is 0.831. The number of carbonyl (C=O) groups excluding carboxylic acids is 1. The molecule has 1 fully saturated rings. The van der Waals surface area contributed by atoms with Crippen molar-refractivity contribution < 1.29 is 14.7 Å². The first kappa shape index (κ1) is 17.9. The van der Waals surface area contributed by atoms with Gasteiger partial charge in [-0.25, -0.2) is 4.98 Å². The summed E-state index contributed by atoms with van der Waals surface area (Å²) in [6, 6.07) is 5.56. The third-order valence-corrected chi connectivity index (χ3v) is 4.59. The standard InChI is InChI=1S/C18H21N5O3/c1-11-5-4-6-15(12(11)2)16-8-19-17(21-20-16)18(25)23-9-13(22-26-3)7-14(23)10-24/h4-6,8,14,24H,7,9-10H2,1-3H3/b22-13-/t14-/m0/s1. The van der Waals surface area contributed by atoms with Crippen molar-refractivity contribution in [2.24, 2.45) is 5.16 Å².